The van der Waals surface area contributed by atoms with Gasteiger partial charge in [0.15, 0.2) is 0 Å². The molecule has 1 aromatic carbocycles. The van der Waals surface area contributed by atoms with E-state index < -0.39 is 0 Å². The molecule has 0 aromatic heterocycles. The number of carbonyl (C=O) groups is 1. The Labute approximate surface area is 108 Å². The Kier molecular flexibility index (Phi) is 3.82. The van der Waals surface area contributed by atoms with Crippen LogP contribution in [0, 0.1) is 0 Å². The highest BCUT2D eigenvalue weighted by Gasteiger charge is 2.22. The molecule has 0 N–H and O–H groups in total. The zero-order valence-corrected chi connectivity index (χ0v) is 11.0. The monoisotopic (exact) mass is 245 g/mol. The predicted molar refractivity (Wildman–Crippen MR) is 71.5 cm³/mol. The molecule has 3 heteroatoms. The van der Waals surface area contributed by atoms with Gasteiger partial charge in [0.1, 0.15) is 0 Å². The van der Waals surface area contributed by atoms with E-state index in [2.05, 4.69) is 18.5 Å². The lowest BCUT2D eigenvalue weighted by atomic mass is 9.92. The number of esters is 1. The second-order valence-corrected chi connectivity index (χ2v) is 4.81. The van der Waals surface area contributed by atoms with Crippen LogP contribution in [-0.2, 0) is 4.74 Å². The fourth-order valence-corrected chi connectivity index (χ4v) is 2.35. The Morgan fingerprint density at radius 3 is 2.67 bits per heavy atom. The maximum atomic E-state index is 11.4. The van der Waals surface area contributed by atoms with Gasteiger partial charge in [-0.15, -0.1) is 0 Å². The first kappa shape index (κ1) is 12.8. The van der Waals surface area contributed by atoms with E-state index >= 15 is 0 Å². The normalized spacial score (nSPS) is 20.8. The molecule has 1 heterocycles. The standard InChI is InChI=1S/C15H19NO2/c1-11-8-9-16(2)14(10-11)12-4-6-13(7-5-12)15(17)18-3/h4-7,14H,1,8-10H2,2-3H3/t14-/m0/s1. The van der Waals surface area contributed by atoms with Gasteiger partial charge >= 0.3 is 5.97 Å². The van der Waals surface area contributed by atoms with Crippen molar-refractivity contribution in [1.82, 2.24) is 4.90 Å². The topological polar surface area (TPSA) is 29.5 Å². The van der Waals surface area contributed by atoms with E-state index in [1.807, 2.05) is 24.3 Å². The third kappa shape index (κ3) is 2.62. The molecule has 1 fully saturated rings. The SMILES string of the molecule is C=C1CCN(C)[C@H](c2ccc(C(=O)OC)cc2)C1. The summed E-state index contributed by atoms with van der Waals surface area (Å²) in [6, 6.07) is 8.04. The van der Waals surface area contributed by atoms with Gasteiger partial charge in [0.05, 0.1) is 12.7 Å². The third-order valence-electron chi connectivity index (χ3n) is 3.55. The van der Waals surface area contributed by atoms with Crippen molar-refractivity contribution < 1.29 is 9.53 Å². The molecule has 1 aromatic rings. The van der Waals surface area contributed by atoms with E-state index in [4.69, 9.17) is 4.74 Å². The number of hydrogen-bond donors (Lipinski definition) is 0. The number of benzene rings is 1. The van der Waals surface area contributed by atoms with Crippen molar-refractivity contribution in [2.45, 2.75) is 18.9 Å². The summed E-state index contributed by atoms with van der Waals surface area (Å²) in [5.41, 5.74) is 3.12. The molecule has 1 aliphatic heterocycles. The average molecular weight is 245 g/mol. The average Bonchev–Trinajstić information content (AvgIpc) is 2.41. The molecule has 3 nitrogen and oxygen atoms in total. The van der Waals surface area contributed by atoms with Crippen molar-refractivity contribution in [3.05, 3.63) is 47.5 Å². The lowest BCUT2D eigenvalue weighted by molar-refractivity contribution is 0.0600. The van der Waals surface area contributed by atoms with Crippen molar-refractivity contribution in [2.24, 2.45) is 0 Å². The summed E-state index contributed by atoms with van der Waals surface area (Å²) in [6.45, 7) is 5.13. The molecule has 0 aliphatic carbocycles. The van der Waals surface area contributed by atoms with Crippen molar-refractivity contribution >= 4 is 5.97 Å². The molecule has 0 radical (unpaired) electrons. The Hall–Kier alpha value is -1.61. The zero-order valence-electron chi connectivity index (χ0n) is 11.0. The number of ether oxygens (including phenoxy) is 1. The van der Waals surface area contributed by atoms with Crippen LogP contribution in [0.3, 0.4) is 0 Å². The molecule has 0 spiro atoms. The van der Waals surface area contributed by atoms with Gasteiger partial charge in [-0.2, -0.15) is 0 Å². The van der Waals surface area contributed by atoms with Gasteiger partial charge in [-0.25, -0.2) is 4.79 Å². The molecule has 1 saturated heterocycles. The van der Waals surface area contributed by atoms with Crippen LogP contribution in [0.15, 0.2) is 36.4 Å². The van der Waals surface area contributed by atoms with Crippen molar-refractivity contribution in [2.75, 3.05) is 20.7 Å². The lowest BCUT2D eigenvalue weighted by Gasteiger charge is -2.34. The first-order valence-corrected chi connectivity index (χ1v) is 6.17. The number of likely N-dealkylation sites (tertiary alicyclic amines) is 1. The van der Waals surface area contributed by atoms with Crippen molar-refractivity contribution in [1.29, 1.82) is 0 Å². The summed E-state index contributed by atoms with van der Waals surface area (Å²) in [6.07, 6.45) is 2.07. The second-order valence-electron chi connectivity index (χ2n) is 4.81. The predicted octanol–water partition coefficient (Wildman–Crippen LogP) is 2.80. The smallest absolute Gasteiger partial charge is 0.337 e. The Morgan fingerprint density at radius 2 is 2.06 bits per heavy atom. The molecule has 18 heavy (non-hydrogen) atoms. The van der Waals surface area contributed by atoms with E-state index in [0.717, 1.165) is 19.4 Å². The van der Waals surface area contributed by atoms with Crippen LogP contribution in [0.5, 0.6) is 0 Å². The molecule has 1 atom stereocenters. The number of hydrogen-bond acceptors (Lipinski definition) is 3. The minimum atomic E-state index is -0.289. The van der Waals surface area contributed by atoms with Crippen LogP contribution in [0.1, 0.15) is 34.8 Å². The molecular formula is C15H19NO2. The molecule has 0 amide bonds. The summed E-state index contributed by atoms with van der Waals surface area (Å²) in [5, 5.41) is 0. The minimum Gasteiger partial charge on any atom is -0.465 e. The first-order valence-electron chi connectivity index (χ1n) is 6.17. The van der Waals surface area contributed by atoms with E-state index in [1.54, 1.807) is 0 Å². The molecule has 2 rings (SSSR count). The van der Waals surface area contributed by atoms with Gasteiger partial charge in [0.2, 0.25) is 0 Å². The van der Waals surface area contributed by atoms with E-state index in [1.165, 1.54) is 18.2 Å². The number of methoxy groups -OCH3 is 1. The Morgan fingerprint density at radius 1 is 1.39 bits per heavy atom. The Balaban J connectivity index is 2.18. The van der Waals surface area contributed by atoms with E-state index in [9.17, 15) is 4.79 Å². The summed E-state index contributed by atoms with van der Waals surface area (Å²) >= 11 is 0. The molecule has 0 saturated carbocycles. The van der Waals surface area contributed by atoms with Crippen LogP contribution in [-0.4, -0.2) is 31.6 Å². The highest BCUT2D eigenvalue weighted by atomic mass is 16.5. The van der Waals surface area contributed by atoms with E-state index in [-0.39, 0.29) is 5.97 Å². The van der Waals surface area contributed by atoms with Crippen LogP contribution in [0.4, 0.5) is 0 Å². The third-order valence-corrected chi connectivity index (χ3v) is 3.55. The highest BCUT2D eigenvalue weighted by molar-refractivity contribution is 5.89. The van der Waals surface area contributed by atoms with Crippen molar-refractivity contribution in [3.63, 3.8) is 0 Å². The maximum Gasteiger partial charge on any atom is 0.337 e. The van der Waals surface area contributed by atoms with Crippen LogP contribution in [0.25, 0.3) is 0 Å². The van der Waals surface area contributed by atoms with Gasteiger partial charge < -0.3 is 4.74 Å². The number of piperidine rings is 1. The van der Waals surface area contributed by atoms with Crippen LogP contribution in [0.2, 0.25) is 0 Å². The van der Waals surface area contributed by atoms with Crippen molar-refractivity contribution in [3.8, 4) is 0 Å². The lowest BCUT2D eigenvalue weighted by Crippen LogP contribution is -2.30. The van der Waals surface area contributed by atoms with Gasteiger partial charge in [-0.05, 0) is 37.6 Å². The van der Waals surface area contributed by atoms with Gasteiger partial charge in [0, 0.05) is 12.6 Å². The summed E-state index contributed by atoms with van der Waals surface area (Å²) in [4.78, 5) is 13.7. The number of nitrogens with zero attached hydrogens (tertiary/aromatic N) is 1. The highest BCUT2D eigenvalue weighted by Crippen LogP contribution is 2.31. The van der Waals surface area contributed by atoms with Gasteiger partial charge in [-0.3, -0.25) is 4.90 Å². The van der Waals surface area contributed by atoms with Gasteiger partial charge in [0.25, 0.3) is 0 Å². The quantitative estimate of drug-likeness (QED) is 0.592. The van der Waals surface area contributed by atoms with Crippen LogP contribution < -0.4 is 0 Å². The molecule has 0 bridgehead atoms. The molecule has 1 aliphatic rings. The minimum absolute atomic E-state index is 0.289. The molecule has 0 unspecified atom stereocenters. The summed E-state index contributed by atoms with van der Waals surface area (Å²) < 4.78 is 4.70. The fraction of sp³-hybridized carbons (Fsp3) is 0.400. The number of rotatable bonds is 2. The molecule has 96 valence electrons. The first-order chi connectivity index (χ1) is 8.61. The van der Waals surface area contributed by atoms with Crippen LogP contribution >= 0.6 is 0 Å². The number of carbonyl (C=O) groups excluding carboxylic acids is 1. The van der Waals surface area contributed by atoms with Gasteiger partial charge in [-0.1, -0.05) is 24.3 Å². The summed E-state index contributed by atoms with van der Waals surface area (Å²) in [7, 11) is 3.53. The maximum absolute atomic E-state index is 11.4. The molecular weight excluding hydrogens is 226 g/mol. The summed E-state index contributed by atoms with van der Waals surface area (Å²) in [5.74, 6) is -0.289. The van der Waals surface area contributed by atoms with E-state index in [0.29, 0.717) is 11.6 Å². The largest absolute Gasteiger partial charge is 0.465 e. The zero-order chi connectivity index (χ0) is 13.1. The Bertz CT molecular complexity index is 450. The second kappa shape index (κ2) is 5.36. The fourth-order valence-electron chi connectivity index (χ4n) is 2.35.